The number of hydrogen-bond donors (Lipinski definition) is 2. The Kier molecular flexibility index (Phi) is 5.90. The minimum atomic E-state index is -0.148. The minimum absolute atomic E-state index is 0.148. The van der Waals surface area contributed by atoms with E-state index < -0.39 is 0 Å². The quantitative estimate of drug-likeness (QED) is 0.748. The molecule has 102 valence electrons. The van der Waals surface area contributed by atoms with E-state index in [9.17, 15) is 5.11 Å². The summed E-state index contributed by atoms with van der Waals surface area (Å²) in [6.07, 6.45) is 5.06. The first-order valence-electron chi connectivity index (χ1n) is 7.09. The molecule has 2 atom stereocenters. The first-order chi connectivity index (χ1) is 7.97. The Bertz CT molecular complexity index is 214. The van der Waals surface area contributed by atoms with Crippen molar-refractivity contribution >= 4 is 0 Å². The average molecular weight is 242 g/mol. The monoisotopic (exact) mass is 242 g/mol. The van der Waals surface area contributed by atoms with E-state index in [-0.39, 0.29) is 12.1 Å². The summed E-state index contributed by atoms with van der Waals surface area (Å²) in [6.45, 7) is 11.4. The van der Waals surface area contributed by atoms with Crippen LogP contribution in [0.2, 0.25) is 0 Å². The van der Waals surface area contributed by atoms with Gasteiger partial charge in [0.25, 0.3) is 0 Å². The molecular weight excluding hydrogens is 212 g/mol. The minimum Gasteiger partial charge on any atom is -0.394 e. The van der Waals surface area contributed by atoms with Crippen molar-refractivity contribution in [1.82, 2.24) is 10.2 Å². The molecule has 0 radical (unpaired) electrons. The Morgan fingerprint density at radius 1 is 1.18 bits per heavy atom. The van der Waals surface area contributed by atoms with Crippen molar-refractivity contribution in [3.05, 3.63) is 0 Å². The Hall–Kier alpha value is -0.120. The van der Waals surface area contributed by atoms with Crippen LogP contribution < -0.4 is 5.32 Å². The largest absolute Gasteiger partial charge is 0.394 e. The van der Waals surface area contributed by atoms with Crippen LogP contribution in [0.5, 0.6) is 0 Å². The SMILES string of the molecule is CC(C)NC(C)(CO)CC(C)N1CCCCC1. The van der Waals surface area contributed by atoms with Gasteiger partial charge in [-0.25, -0.2) is 0 Å². The maximum atomic E-state index is 9.60. The van der Waals surface area contributed by atoms with Gasteiger partial charge in [0.1, 0.15) is 0 Å². The summed E-state index contributed by atoms with van der Waals surface area (Å²) >= 11 is 0. The number of hydrogen-bond acceptors (Lipinski definition) is 3. The smallest absolute Gasteiger partial charge is 0.0611 e. The van der Waals surface area contributed by atoms with Crippen molar-refractivity contribution in [3.8, 4) is 0 Å². The molecule has 3 nitrogen and oxygen atoms in total. The van der Waals surface area contributed by atoms with Gasteiger partial charge in [-0.05, 0) is 46.2 Å². The Morgan fingerprint density at radius 2 is 1.76 bits per heavy atom. The molecule has 1 rings (SSSR count). The van der Waals surface area contributed by atoms with Crippen molar-refractivity contribution in [1.29, 1.82) is 0 Å². The number of likely N-dealkylation sites (tertiary alicyclic amines) is 1. The third kappa shape index (κ3) is 4.94. The lowest BCUT2D eigenvalue weighted by atomic mass is 9.92. The highest BCUT2D eigenvalue weighted by Crippen LogP contribution is 2.20. The van der Waals surface area contributed by atoms with E-state index >= 15 is 0 Å². The lowest BCUT2D eigenvalue weighted by Crippen LogP contribution is -2.53. The fourth-order valence-corrected chi connectivity index (χ4v) is 3.01. The van der Waals surface area contributed by atoms with Gasteiger partial charge in [0.05, 0.1) is 6.61 Å². The molecule has 3 heteroatoms. The molecule has 1 aliphatic rings. The summed E-state index contributed by atoms with van der Waals surface area (Å²) < 4.78 is 0. The van der Waals surface area contributed by atoms with Crippen molar-refractivity contribution in [3.63, 3.8) is 0 Å². The molecule has 0 bridgehead atoms. The van der Waals surface area contributed by atoms with Crippen molar-refractivity contribution < 1.29 is 5.11 Å². The zero-order chi connectivity index (χ0) is 12.9. The van der Waals surface area contributed by atoms with E-state index in [4.69, 9.17) is 0 Å². The molecule has 17 heavy (non-hydrogen) atoms. The van der Waals surface area contributed by atoms with Crippen LogP contribution in [-0.4, -0.2) is 47.3 Å². The number of rotatable bonds is 6. The van der Waals surface area contributed by atoms with E-state index in [0.717, 1.165) is 6.42 Å². The molecule has 0 aromatic carbocycles. The van der Waals surface area contributed by atoms with Crippen LogP contribution >= 0.6 is 0 Å². The molecule has 0 saturated carbocycles. The molecule has 0 spiro atoms. The van der Waals surface area contributed by atoms with Gasteiger partial charge in [-0.1, -0.05) is 20.3 Å². The van der Waals surface area contributed by atoms with Gasteiger partial charge >= 0.3 is 0 Å². The fraction of sp³-hybridized carbons (Fsp3) is 1.00. The molecule has 2 N–H and O–H groups in total. The highest BCUT2D eigenvalue weighted by Gasteiger charge is 2.29. The lowest BCUT2D eigenvalue weighted by Gasteiger charge is -2.39. The highest BCUT2D eigenvalue weighted by molar-refractivity contribution is 4.88. The van der Waals surface area contributed by atoms with Gasteiger partial charge in [0.2, 0.25) is 0 Å². The maximum absolute atomic E-state index is 9.60. The predicted octanol–water partition coefficient (Wildman–Crippen LogP) is 2.00. The number of nitrogens with one attached hydrogen (secondary N) is 1. The van der Waals surface area contributed by atoms with Crippen LogP contribution in [0.15, 0.2) is 0 Å². The second kappa shape index (κ2) is 6.72. The predicted molar refractivity (Wildman–Crippen MR) is 73.3 cm³/mol. The molecule has 0 amide bonds. The first kappa shape index (κ1) is 14.9. The van der Waals surface area contributed by atoms with E-state index in [2.05, 4.69) is 37.9 Å². The summed E-state index contributed by atoms with van der Waals surface area (Å²) in [4.78, 5) is 2.57. The van der Waals surface area contributed by atoms with Gasteiger partial charge in [-0.2, -0.15) is 0 Å². The van der Waals surface area contributed by atoms with E-state index in [0.29, 0.717) is 12.1 Å². The molecule has 0 aliphatic carbocycles. The lowest BCUT2D eigenvalue weighted by molar-refractivity contribution is 0.0981. The van der Waals surface area contributed by atoms with Gasteiger partial charge in [-0.3, -0.25) is 0 Å². The second-order valence-electron chi connectivity index (χ2n) is 6.17. The van der Waals surface area contributed by atoms with Gasteiger partial charge in [0, 0.05) is 17.6 Å². The Labute approximate surface area is 107 Å². The number of aliphatic hydroxyl groups is 1. The molecule has 1 heterocycles. The second-order valence-corrected chi connectivity index (χ2v) is 6.17. The third-order valence-electron chi connectivity index (χ3n) is 3.75. The van der Waals surface area contributed by atoms with Gasteiger partial charge in [-0.15, -0.1) is 0 Å². The maximum Gasteiger partial charge on any atom is 0.0611 e. The number of aliphatic hydroxyl groups excluding tert-OH is 1. The molecule has 1 aliphatic heterocycles. The average Bonchev–Trinajstić information content (AvgIpc) is 2.29. The molecular formula is C14H30N2O. The van der Waals surface area contributed by atoms with E-state index in [1.165, 1.54) is 32.4 Å². The van der Waals surface area contributed by atoms with E-state index in [1.807, 2.05) is 0 Å². The summed E-state index contributed by atoms with van der Waals surface area (Å²) in [6, 6.07) is 0.972. The molecule has 1 fully saturated rings. The van der Waals surface area contributed by atoms with Crippen molar-refractivity contribution in [2.75, 3.05) is 19.7 Å². The topological polar surface area (TPSA) is 35.5 Å². The Balaban J connectivity index is 2.48. The Morgan fingerprint density at radius 3 is 2.24 bits per heavy atom. The van der Waals surface area contributed by atoms with Crippen molar-refractivity contribution in [2.24, 2.45) is 0 Å². The van der Waals surface area contributed by atoms with Crippen LogP contribution in [0.1, 0.15) is 53.4 Å². The summed E-state index contributed by atoms with van der Waals surface area (Å²) in [5, 5.41) is 13.1. The zero-order valence-corrected chi connectivity index (χ0v) is 12.0. The third-order valence-corrected chi connectivity index (χ3v) is 3.75. The van der Waals surface area contributed by atoms with Crippen LogP contribution in [0.25, 0.3) is 0 Å². The van der Waals surface area contributed by atoms with Crippen molar-refractivity contribution in [2.45, 2.75) is 71.0 Å². The molecule has 0 aromatic heterocycles. The van der Waals surface area contributed by atoms with Gasteiger partial charge in [0.15, 0.2) is 0 Å². The van der Waals surface area contributed by atoms with Crippen LogP contribution in [-0.2, 0) is 0 Å². The summed E-state index contributed by atoms with van der Waals surface area (Å²) in [7, 11) is 0. The molecule has 0 aromatic rings. The standard InChI is InChI=1S/C14H30N2O/c1-12(2)15-14(4,11-17)10-13(3)16-8-6-5-7-9-16/h12-13,15,17H,5-11H2,1-4H3. The van der Waals surface area contributed by atoms with E-state index in [1.54, 1.807) is 0 Å². The summed E-state index contributed by atoms with van der Waals surface area (Å²) in [5.74, 6) is 0. The highest BCUT2D eigenvalue weighted by atomic mass is 16.3. The summed E-state index contributed by atoms with van der Waals surface area (Å²) in [5.41, 5.74) is -0.148. The van der Waals surface area contributed by atoms with Gasteiger partial charge < -0.3 is 15.3 Å². The fourth-order valence-electron chi connectivity index (χ4n) is 3.01. The van der Waals surface area contributed by atoms with Crippen LogP contribution in [0, 0.1) is 0 Å². The van der Waals surface area contributed by atoms with Crippen LogP contribution in [0.4, 0.5) is 0 Å². The molecule has 2 unspecified atom stereocenters. The van der Waals surface area contributed by atoms with Crippen LogP contribution in [0.3, 0.4) is 0 Å². The zero-order valence-electron chi connectivity index (χ0n) is 12.0. The number of nitrogens with zero attached hydrogens (tertiary/aromatic N) is 1. The first-order valence-corrected chi connectivity index (χ1v) is 7.09. The number of piperidine rings is 1. The molecule has 1 saturated heterocycles. The normalized spacial score (nSPS) is 23.6.